The predicted molar refractivity (Wildman–Crippen MR) is 108 cm³/mol. The van der Waals surface area contributed by atoms with Crippen molar-refractivity contribution in [1.82, 2.24) is 9.97 Å². The highest BCUT2D eigenvalue weighted by Gasteiger charge is 2.24. The Morgan fingerprint density at radius 1 is 1.00 bits per heavy atom. The zero-order valence-electron chi connectivity index (χ0n) is 15.9. The van der Waals surface area contributed by atoms with Crippen molar-refractivity contribution in [2.75, 3.05) is 37.5 Å². The van der Waals surface area contributed by atoms with Crippen LogP contribution in [0.3, 0.4) is 0 Å². The van der Waals surface area contributed by atoms with Crippen LogP contribution >= 0.6 is 0 Å². The molecule has 1 fully saturated rings. The van der Waals surface area contributed by atoms with Gasteiger partial charge in [0.15, 0.2) is 0 Å². The molecule has 1 saturated heterocycles. The summed E-state index contributed by atoms with van der Waals surface area (Å²) in [5, 5.41) is 3.58. The highest BCUT2D eigenvalue weighted by molar-refractivity contribution is 5.76. The molecule has 6 heteroatoms. The second-order valence-corrected chi connectivity index (χ2v) is 6.79. The van der Waals surface area contributed by atoms with Crippen LogP contribution in [0.25, 0.3) is 11.0 Å². The van der Waals surface area contributed by atoms with E-state index in [1.165, 1.54) is 0 Å². The average Bonchev–Trinajstić information content (AvgIpc) is 3.16. The van der Waals surface area contributed by atoms with Gasteiger partial charge in [0.05, 0.1) is 30.9 Å². The van der Waals surface area contributed by atoms with Gasteiger partial charge in [0.1, 0.15) is 17.3 Å². The summed E-state index contributed by atoms with van der Waals surface area (Å²) in [6, 6.07) is 14.3. The van der Waals surface area contributed by atoms with Gasteiger partial charge in [-0.3, -0.25) is 0 Å². The van der Waals surface area contributed by atoms with Crippen LogP contribution in [0.5, 0.6) is 11.5 Å². The monoisotopic (exact) mass is 364 g/mol. The molecule has 140 valence electrons. The second-order valence-electron chi connectivity index (χ2n) is 6.79. The molecule has 1 aliphatic rings. The number of aromatic nitrogens is 2. The number of para-hydroxylation sites is 2. The third-order valence-electron chi connectivity index (χ3n) is 4.98. The minimum Gasteiger partial charge on any atom is -0.497 e. The molecule has 1 unspecified atom stereocenters. The Kier molecular flexibility index (Phi) is 4.71. The first-order valence-corrected chi connectivity index (χ1v) is 9.14. The van der Waals surface area contributed by atoms with Gasteiger partial charge < -0.3 is 19.7 Å². The van der Waals surface area contributed by atoms with Crippen molar-refractivity contribution < 1.29 is 9.47 Å². The van der Waals surface area contributed by atoms with Gasteiger partial charge in [-0.25, -0.2) is 9.97 Å². The Morgan fingerprint density at radius 3 is 2.33 bits per heavy atom. The van der Waals surface area contributed by atoms with Crippen molar-refractivity contribution >= 4 is 22.5 Å². The Hall–Kier alpha value is -3.02. The van der Waals surface area contributed by atoms with Crippen molar-refractivity contribution in [2.45, 2.75) is 19.4 Å². The molecular formula is C21H24N4O2. The van der Waals surface area contributed by atoms with Crippen LogP contribution < -0.4 is 19.7 Å². The van der Waals surface area contributed by atoms with Crippen molar-refractivity contribution in [3.05, 3.63) is 48.2 Å². The molecule has 1 atom stereocenters. The molecular weight excluding hydrogens is 340 g/mol. The molecule has 0 aliphatic carbocycles. The van der Waals surface area contributed by atoms with Crippen molar-refractivity contribution in [2.24, 2.45) is 0 Å². The van der Waals surface area contributed by atoms with E-state index in [9.17, 15) is 0 Å². The third-order valence-corrected chi connectivity index (χ3v) is 4.98. The van der Waals surface area contributed by atoms with Gasteiger partial charge in [-0.2, -0.15) is 0 Å². The van der Waals surface area contributed by atoms with E-state index in [0.29, 0.717) is 6.04 Å². The molecule has 0 saturated carbocycles. The highest BCUT2D eigenvalue weighted by atomic mass is 16.5. The molecule has 1 aromatic heterocycles. The number of nitrogens with zero attached hydrogens (tertiary/aromatic N) is 3. The number of ether oxygens (including phenoxy) is 2. The van der Waals surface area contributed by atoms with Gasteiger partial charge >= 0.3 is 0 Å². The van der Waals surface area contributed by atoms with Crippen LogP contribution in [0.2, 0.25) is 0 Å². The molecule has 3 aromatic rings. The summed E-state index contributed by atoms with van der Waals surface area (Å²) in [7, 11) is 3.35. The molecule has 0 spiro atoms. The summed E-state index contributed by atoms with van der Waals surface area (Å²) in [5.74, 6) is 2.47. The molecule has 2 aromatic carbocycles. The molecule has 6 nitrogen and oxygen atoms in total. The first-order chi connectivity index (χ1) is 13.2. The van der Waals surface area contributed by atoms with E-state index in [0.717, 1.165) is 59.2 Å². The van der Waals surface area contributed by atoms with Gasteiger partial charge in [0, 0.05) is 43.0 Å². The van der Waals surface area contributed by atoms with Gasteiger partial charge in [-0.15, -0.1) is 0 Å². The summed E-state index contributed by atoms with van der Waals surface area (Å²) in [4.78, 5) is 11.8. The zero-order valence-corrected chi connectivity index (χ0v) is 15.9. The topological polar surface area (TPSA) is 59.5 Å². The molecule has 27 heavy (non-hydrogen) atoms. The highest BCUT2D eigenvalue weighted by Crippen LogP contribution is 2.31. The molecule has 0 amide bonds. The Bertz CT molecular complexity index is 938. The lowest BCUT2D eigenvalue weighted by atomic mass is 10.2. The fraction of sp³-hybridized carbons (Fsp3) is 0.333. The number of aryl methyl sites for hydroxylation is 1. The number of nitrogens with one attached hydrogen (secondary N) is 1. The lowest BCUT2D eigenvalue weighted by Gasteiger charge is -2.21. The number of anilines is 2. The minimum atomic E-state index is 0.316. The van der Waals surface area contributed by atoms with Crippen LogP contribution in [0.15, 0.2) is 42.5 Å². The SMILES string of the molecule is COc1cc(OC)cc(N2CCC(Nc3nc4ccccc4nc3C)C2)c1. The lowest BCUT2D eigenvalue weighted by Crippen LogP contribution is -2.26. The summed E-state index contributed by atoms with van der Waals surface area (Å²) in [6.45, 7) is 3.86. The van der Waals surface area contributed by atoms with Gasteiger partial charge in [-0.1, -0.05) is 12.1 Å². The first kappa shape index (κ1) is 17.4. The van der Waals surface area contributed by atoms with Crippen LogP contribution in [-0.4, -0.2) is 43.3 Å². The average molecular weight is 364 g/mol. The van der Waals surface area contributed by atoms with E-state index < -0.39 is 0 Å². The third kappa shape index (κ3) is 3.60. The lowest BCUT2D eigenvalue weighted by molar-refractivity contribution is 0.394. The number of methoxy groups -OCH3 is 2. The Morgan fingerprint density at radius 2 is 1.67 bits per heavy atom. The largest absolute Gasteiger partial charge is 0.497 e. The van der Waals surface area contributed by atoms with Crippen LogP contribution in [0.4, 0.5) is 11.5 Å². The first-order valence-electron chi connectivity index (χ1n) is 9.14. The summed E-state index contributed by atoms with van der Waals surface area (Å²) >= 11 is 0. The maximum atomic E-state index is 5.40. The number of hydrogen-bond donors (Lipinski definition) is 1. The van der Waals surface area contributed by atoms with E-state index in [4.69, 9.17) is 14.5 Å². The zero-order chi connectivity index (χ0) is 18.8. The van der Waals surface area contributed by atoms with E-state index in [-0.39, 0.29) is 0 Å². The molecule has 0 bridgehead atoms. The molecule has 1 aliphatic heterocycles. The van der Waals surface area contributed by atoms with Gasteiger partial charge in [0.25, 0.3) is 0 Å². The number of rotatable bonds is 5. The summed E-state index contributed by atoms with van der Waals surface area (Å²) < 4.78 is 10.8. The summed E-state index contributed by atoms with van der Waals surface area (Å²) in [6.07, 6.45) is 1.04. The van der Waals surface area contributed by atoms with E-state index >= 15 is 0 Å². The van der Waals surface area contributed by atoms with E-state index in [1.807, 2.05) is 49.4 Å². The van der Waals surface area contributed by atoms with E-state index in [1.54, 1.807) is 14.2 Å². The van der Waals surface area contributed by atoms with Crippen molar-refractivity contribution in [3.8, 4) is 11.5 Å². The minimum absolute atomic E-state index is 0.316. The van der Waals surface area contributed by atoms with Crippen LogP contribution in [-0.2, 0) is 0 Å². The van der Waals surface area contributed by atoms with E-state index in [2.05, 4.69) is 15.2 Å². The number of hydrogen-bond acceptors (Lipinski definition) is 6. The van der Waals surface area contributed by atoms with Crippen molar-refractivity contribution in [3.63, 3.8) is 0 Å². The number of fused-ring (bicyclic) bond motifs is 1. The number of benzene rings is 2. The fourth-order valence-electron chi connectivity index (χ4n) is 3.51. The smallest absolute Gasteiger partial charge is 0.148 e. The quantitative estimate of drug-likeness (QED) is 0.746. The molecule has 4 rings (SSSR count). The molecule has 2 heterocycles. The van der Waals surface area contributed by atoms with Crippen LogP contribution in [0.1, 0.15) is 12.1 Å². The Balaban J connectivity index is 1.51. The second kappa shape index (κ2) is 7.31. The standard InChI is InChI=1S/C21H24N4O2/c1-14-21(24-20-7-5-4-6-19(20)22-14)23-15-8-9-25(13-15)16-10-17(26-2)12-18(11-16)27-3/h4-7,10-12,15H,8-9,13H2,1-3H3,(H,23,24). The van der Waals surface area contributed by atoms with Crippen LogP contribution in [0, 0.1) is 6.92 Å². The van der Waals surface area contributed by atoms with Gasteiger partial charge in [0.2, 0.25) is 0 Å². The van der Waals surface area contributed by atoms with Gasteiger partial charge in [-0.05, 0) is 25.5 Å². The maximum absolute atomic E-state index is 5.40. The maximum Gasteiger partial charge on any atom is 0.148 e. The fourth-order valence-corrected chi connectivity index (χ4v) is 3.51. The summed E-state index contributed by atoms with van der Waals surface area (Å²) in [5.41, 5.74) is 3.88. The molecule has 0 radical (unpaired) electrons. The normalized spacial score (nSPS) is 16.6. The molecule has 1 N–H and O–H groups in total. The predicted octanol–water partition coefficient (Wildman–Crippen LogP) is 3.65. The Labute approximate surface area is 159 Å². The van der Waals surface area contributed by atoms with Crippen molar-refractivity contribution in [1.29, 1.82) is 0 Å².